The average molecular weight is 436 g/mol. The smallest absolute Gasteiger partial charge is 0.262 e. The number of aromatic nitrogens is 3. The summed E-state index contributed by atoms with van der Waals surface area (Å²) in [4.78, 5) is 33.7. The lowest BCUT2D eigenvalue weighted by atomic mass is 10.0. The zero-order valence-electron chi connectivity index (χ0n) is 17.3. The number of thiophene rings is 1. The molecular formula is C23H25N5O2S. The fraction of sp³-hybridized carbons (Fsp3) is 0.261. The molecule has 4 rings (SSSR count). The van der Waals surface area contributed by atoms with Gasteiger partial charge in [0, 0.05) is 49.0 Å². The summed E-state index contributed by atoms with van der Waals surface area (Å²) in [6.45, 7) is 3.26. The summed E-state index contributed by atoms with van der Waals surface area (Å²) in [6, 6.07) is 10.9. The molecule has 160 valence electrons. The minimum Gasteiger partial charge on any atom is -0.361 e. The number of para-hydroxylation sites is 1. The number of hydrogen-bond donors (Lipinski definition) is 3. The van der Waals surface area contributed by atoms with Gasteiger partial charge >= 0.3 is 0 Å². The Kier molecular flexibility index (Phi) is 6.47. The van der Waals surface area contributed by atoms with Crippen LogP contribution in [-0.4, -0.2) is 38.9 Å². The number of hydrogen-bond acceptors (Lipinski definition) is 4. The van der Waals surface area contributed by atoms with Gasteiger partial charge in [0.2, 0.25) is 5.91 Å². The second kappa shape index (κ2) is 9.61. The molecule has 0 aliphatic rings. The molecule has 0 spiro atoms. The lowest BCUT2D eigenvalue weighted by Gasteiger charge is -2.18. The van der Waals surface area contributed by atoms with Gasteiger partial charge in [-0.25, -0.2) is 4.98 Å². The van der Waals surface area contributed by atoms with E-state index in [2.05, 4.69) is 20.6 Å². The molecule has 0 saturated heterocycles. The Morgan fingerprint density at radius 3 is 2.87 bits per heavy atom. The van der Waals surface area contributed by atoms with Gasteiger partial charge in [-0.3, -0.25) is 9.59 Å². The van der Waals surface area contributed by atoms with Gasteiger partial charge < -0.3 is 20.2 Å². The Balaban J connectivity index is 1.42. The number of carbonyl (C=O) groups is 2. The number of rotatable bonds is 9. The number of carbonyl (C=O) groups excluding carboxylic acids is 2. The SMILES string of the molecule is Cc1nccn1CCCNC(=O)C(Cc1c[nH]c2ccccc12)NC(=O)c1cccs1. The maximum atomic E-state index is 13.0. The molecule has 0 fully saturated rings. The van der Waals surface area contributed by atoms with Gasteiger partial charge in [0.15, 0.2) is 0 Å². The first-order chi connectivity index (χ1) is 15.1. The number of aryl methyl sites for hydroxylation is 2. The van der Waals surface area contributed by atoms with Gasteiger partial charge in [-0.2, -0.15) is 0 Å². The van der Waals surface area contributed by atoms with Gasteiger partial charge in [0.25, 0.3) is 5.91 Å². The molecule has 0 bridgehead atoms. The van der Waals surface area contributed by atoms with E-state index in [9.17, 15) is 9.59 Å². The summed E-state index contributed by atoms with van der Waals surface area (Å²) in [5.41, 5.74) is 2.01. The van der Waals surface area contributed by atoms with E-state index in [1.807, 2.05) is 59.6 Å². The maximum Gasteiger partial charge on any atom is 0.262 e. The molecule has 0 aliphatic heterocycles. The van der Waals surface area contributed by atoms with Crippen molar-refractivity contribution in [1.82, 2.24) is 25.2 Å². The molecule has 3 aromatic heterocycles. The van der Waals surface area contributed by atoms with Gasteiger partial charge in [-0.05, 0) is 36.4 Å². The summed E-state index contributed by atoms with van der Waals surface area (Å²) >= 11 is 1.36. The van der Waals surface area contributed by atoms with Crippen LogP contribution in [0.15, 0.2) is 60.4 Å². The molecular weight excluding hydrogens is 410 g/mol. The Morgan fingerprint density at radius 1 is 1.23 bits per heavy atom. The highest BCUT2D eigenvalue weighted by Crippen LogP contribution is 2.19. The number of nitrogens with zero attached hydrogens (tertiary/aromatic N) is 2. The van der Waals surface area contributed by atoms with Crippen molar-refractivity contribution in [3.05, 3.63) is 76.6 Å². The number of fused-ring (bicyclic) bond motifs is 1. The fourth-order valence-electron chi connectivity index (χ4n) is 3.59. The van der Waals surface area contributed by atoms with Crippen molar-refractivity contribution < 1.29 is 9.59 Å². The Morgan fingerprint density at radius 2 is 2.10 bits per heavy atom. The Bertz CT molecular complexity index is 1160. The van der Waals surface area contributed by atoms with E-state index in [0.717, 1.165) is 35.3 Å². The molecule has 3 heterocycles. The molecule has 1 aromatic carbocycles. The van der Waals surface area contributed by atoms with Crippen LogP contribution in [0.25, 0.3) is 10.9 Å². The fourth-order valence-corrected chi connectivity index (χ4v) is 4.22. The van der Waals surface area contributed by atoms with Crippen LogP contribution in [0.5, 0.6) is 0 Å². The number of imidazole rings is 1. The third-order valence-electron chi connectivity index (χ3n) is 5.26. The zero-order chi connectivity index (χ0) is 21.6. The van der Waals surface area contributed by atoms with Gasteiger partial charge in [0.1, 0.15) is 11.9 Å². The summed E-state index contributed by atoms with van der Waals surface area (Å²) < 4.78 is 2.05. The molecule has 8 heteroatoms. The summed E-state index contributed by atoms with van der Waals surface area (Å²) in [6.07, 6.45) is 6.79. The van der Waals surface area contributed by atoms with E-state index in [4.69, 9.17) is 0 Å². The maximum absolute atomic E-state index is 13.0. The Labute approximate surface area is 184 Å². The van der Waals surface area contributed by atoms with Crippen LogP contribution in [0.1, 0.15) is 27.5 Å². The van der Waals surface area contributed by atoms with E-state index < -0.39 is 6.04 Å². The number of H-pyrrole nitrogens is 1. The molecule has 0 saturated carbocycles. The van der Waals surface area contributed by atoms with Gasteiger partial charge in [-0.15, -0.1) is 11.3 Å². The van der Waals surface area contributed by atoms with Gasteiger partial charge in [-0.1, -0.05) is 24.3 Å². The quantitative estimate of drug-likeness (QED) is 0.352. The number of benzene rings is 1. The molecule has 0 radical (unpaired) electrons. The first-order valence-corrected chi connectivity index (χ1v) is 11.1. The average Bonchev–Trinajstić information content (AvgIpc) is 3.53. The standard InChI is InChI=1S/C23H25N5O2S/c1-16-24-10-12-28(16)11-5-9-25-22(29)20(27-23(30)21-8-4-13-31-21)14-17-15-26-19-7-3-2-6-18(17)19/h2-4,6-8,10,12-13,15,20,26H,5,9,11,14H2,1H3,(H,25,29)(H,27,30). The van der Waals surface area contributed by atoms with Crippen molar-refractivity contribution in [2.24, 2.45) is 0 Å². The van der Waals surface area contributed by atoms with E-state index in [0.29, 0.717) is 17.8 Å². The molecule has 1 atom stereocenters. The minimum absolute atomic E-state index is 0.183. The van der Waals surface area contributed by atoms with E-state index in [-0.39, 0.29) is 11.8 Å². The lowest BCUT2D eigenvalue weighted by Crippen LogP contribution is -2.48. The largest absolute Gasteiger partial charge is 0.361 e. The van der Waals surface area contributed by atoms with E-state index >= 15 is 0 Å². The van der Waals surface area contributed by atoms with Crippen molar-refractivity contribution in [2.75, 3.05) is 6.54 Å². The van der Waals surface area contributed by atoms with E-state index in [1.165, 1.54) is 11.3 Å². The van der Waals surface area contributed by atoms with Crippen molar-refractivity contribution in [3.63, 3.8) is 0 Å². The van der Waals surface area contributed by atoms with Gasteiger partial charge in [0.05, 0.1) is 4.88 Å². The predicted octanol–water partition coefficient (Wildman–Crippen LogP) is 3.28. The van der Waals surface area contributed by atoms with Crippen LogP contribution >= 0.6 is 11.3 Å². The lowest BCUT2D eigenvalue weighted by molar-refractivity contribution is -0.122. The second-order valence-electron chi connectivity index (χ2n) is 7.38. The van der Waals surface area contributed by atoms with Crippen molar-refractivity contribution in [1.29, 1.82) is 0 Å². The number of nitrogens with one attached hydrogen (secondary N) is 3. The molecule has 4 aromatic rings. The number of amides is 2. The predicted molar refractivity (Wildman–Crippen MR) is 122 cm³/mol. The molecule has 1 unspecified atom stereocenters. The van der Waals surface area contributed by atoms with Crippen molar-refractivity contribution in [3.8, 4) is 0 Å². The summed E-state index contributed by atoms with van der Waals surface area (Å²) in [7, 11) is 0. The van der Waals surface area contributed by atoms with Crippen molar-refractivity contribution >= 4 is 34.1 Å². The topological polar surface area (TPSA) is 91.8 Å². The molecule has 0 aliphatic carbocycles. The van der Waals surface area contributed by atoms with Crippen LogP contribution in [0.4, 0.5) is 0 Å². The third kappa shape index (κ3) is 5.03. The highest BCUT2D eigenvalue weighted by Gasteiger charge is 2.23. The van der Waals surface area contributed by atoms with Crippen LogP contribution in [-0.2, 0) is 17.8 Å². The van der Waals surface area contributed by atoms with Crippen molar-refractivity contribution in [2.45, 2.75) is 32.4 Å². The highest BCUT2D eigenvalue weighted by atomic mass is 32.1. The monoisotopic (exact) mass is 435 g/mol. The molecule has 31 heavy (non-hydrogen) atoms. The summed E-state index contributed by atoms with van der Waals surface area (Å²) in [5.74, 6) is 0.535. The van der Waals surface area contributed by atoms with Crippen LogP contribution in [0.3, 0.4) is 0 Å². The zero-order valence-corrected chi connectivity index (χ0v) is 18.1. The summed E-state index contributed by atoms with van der Waals surface area (Å²) in [5, 5.41) is 8.80. The van der Waals surface area contributed by atoms with Crippen LogP contribution in [0.2, 0.25) is 0 Å². The van der Waals surface area contributed by atoms with Crippen LogP contribution in [0, 0.1) is 6.92 Å². The molecule has 2 amide bonds. The highest BCUT2D eigenvalue weighted by molar-refractivity contribution is 7.12. The Hall–Kier alpha value is -3.39. The number of aromatic amines is 1. The minimum atomic E-state index is -0.663. The first kappa shape index (κ1) is 20.9. The normalized spacial score (nSPS) is 12.0. The first-order valence-electron chi connectivity index (χ1n) is 10.3. The van der Waals surface area contributed by atoms with E-state index in [1.54, 1.807) is 12.3 Å². The van der Waals surface area contributed by atoms with Crippen LogP contribution < -0.4 is 10.6 Å². The molecule has 7 nitrogen and oxygen atoms in total. The second-order valence-corrected chi connectivity index (χ2v) is 8.33. The third-order valence-corrected chi connectivity index (χ3v) is 6.13. The molecule has 3 N–H and O–H groups in total.